The lowest BCUT2D eigenvalue weighted by Gasteiger charge is -2.29. The molecule has 0 amide bonds. The Morgan fingerprint density at radius 2 is 1.63 bits per heavy atom. The van der Waals surface area contributed by atoms with E-state index in [0.29, 0.717) is 5.92 Å². The molecule has 1 N–H and O–H groups in total. The van der Waals surface area contributed by atoms with Gasteiger partial charge in [0.25, 0.3) is 0 Å². The van der Waals surface area contributed by atoms with E-state index < -0.39 is 6.10 Å². The minimum atomic E-state index is -0.405. The molecule has 0 fully saturated rings. The van der Waals surface area contributed by atoms with Crippen LogP contribution in [-0.4, -0.2) is 12.2 Å². The minimum absolute atomic E-state index is 0.220. The fourth-order valence-electron chi connectivity index (χ4n) is 2.32. The Hall–Kier alpha value is -1.02. The quantitative estimate of drug-likeness (QED) is 0.872. The summed E-state index contributed by atoms with van der Waals surface area (Å²) in [5, 5.41) is 10.4. The molecular formula is C17H28O2. The van der Waals surface area contributed by atoms with Crippen molar-refractivity contribution in [2.75, 3.05) is 7.11 Å². The van der Waals surface area contributed by atoms with Gasteiger partial charge in [-0.25, -0.2) is 0 Å². The molecule has 2 nitrogen and oxygen atoms in total. The van der Waals surface area contributed by atoms with Gasteiger partial charge >= 0.3 is 0 Å². The highest BCUT2D eigenvalue weighted by Crippen LogP contribution is 2.35. The van der Waals surface area contributed by atoms with Crippen molar-refractivity contribution in [3.63, 3.8) is 0 Å². The Morgan fingerprint density at radius 1 is 1.16 bits per heavy atom. The van der Waals surface area contributed by atoms with E-state index in [4.69, 9.17) is 4.74 Å². The van der Waals surface area contributed by atoms with Crippen LogP contribution in [0.3, 0.4) is 0 Å². The van der Waals surface area contributed by atoms with Crippen LogP contribution in [0.5, 0.6) is 5.75 Å². The lowest BCUT2D eigenvalue weighted by molar-refractivity contribution is 0.110. The average Bonchev–Trinajstić information content (AvgIpc) is 2.27. The SMILES string of the molecule is COc1c(C)cc(C(O)CC(C)C(C)(C)C)cc1C. The minimum Gasteiger partial charge on any atom is -0.496 e. The van der Waals surface area contributed by atoms with Gasteiger partial charge in [0.15, 0.2) is 0 Å². The molecule has 0 spiro atoms. The zero-order valence-corrected chi connectivity index (χ0v) is 13.4. The monoisotopic (exact) mass is 264 g/mol. The average molecular weight is 264 g/mol. The predicted octanol–water partition coefficient (Wildman–Crippen LogP) is 4.42. The fourth-order valence-corrected chi connectivity index (χ4v) is 2.32. The van der Waals surface area contributed by atoms with Crippen LogP contribution in [0, 0.1) is 25.2 Å². The molecule has 2 unspecified atom stereocenters. The van der Waals surface area contributed by atoms with E-state index in [2.05, 4.69) is 27.7 Å². The third-order valence-corrected chi connectivity index (χ3v) is 4.13. The number of hydrogen-bond acceptors (Lipinski definition) is 2. The Balaban J connectivity index is 2.92. The highest BCUT2D eigenvalue weighted by atomic mass is 16.5. The normalized spacial score (nSPS) is 15.2. The second kappa shape index (κ2) is 5.96. The van der Waals surface area contributed by atoms with Gasteiger partial charge in [0.05, 0.1) is 13.2 Å². The van der Waals surface area contributed by atoms with Crippen LogP contribution in [0.1, 0.15) is 56.9 Å². The molecule has 0 saturated carbocycles. The van der Waals surface area contributed by atoms with E-state index in [9.17, 15) is 5.11 Å². The zero-order chi connectivity index (χ0) is 14.8. The number of aliphatic hydroxyl groups is 1. The van der Waals surface area contributed by atoms with Gasteiger partial charge in [-0.05, 0) is 60.4 Å². The largest absolute Gasteiger partial charge is 0.496 e. The van der Waals surface area contributed by atoms with Gasteiger partial charge in [-0.2, -0.15) is 0 Å². The van der Waals surface area contributed by atoms with E-state index in [1.165, 1.54) is 0 Å². The van der Waals surface area contributed by atoms with Crippen molar-refractivity contribution < 1.29 is 9.84 Å². The summed E-state index contributed by atoms with van der Waals surface area (Å²) in [4.78, 5) is 0. The van der Waals surface area contributed by atoms with E-state index >= 15 is 0 Å². The number of ether oxygens (including phenoxy) is 1. The van der Waals surface area contributed by atoms with E-state index in [1.807, 2.05) is 26.0 Å². The van der Waals surface area contributed by atoms with Crippen molar-refractivity contribution in [2.24, 2.45) is 11.3 Å². The number of benzene rings is 1. The first-order valence-electron chi connectivity index (χ1n) is 7.00. The molecule has 0 heterocycles. The van der Waals surface area contributed by atoms with Crippen LogP contribution in [0.15, 0.2) is 12.1 Å². The first-order chi connectivity index (χ1) is 8.66. The molecule has 0 radical (unpaired) electrons. The van der Waals surface area contributed by atoms with Gasteiger partial charge < -0.3 is 9.84 Å². The van der Waals surface area contributed by atoms with Crippen molar-refractivity contribution >= 4 is 0 Å². The topological polar surface area (TPSA) is 29.5 Å². The Labute approximate surface area is 117 Å². The van der Waals surface area contributed by atoms with Crippen LogP contribution >= 0.6 is 0 Å². The van der Waals surface area contributed by atoms with Gasteiger partial charge in [-0.3, -0.25) is 0 Å². The Morgan fingerprint density at radius 3 is 2.00 bits per heavy atom. The van der Waals surface area contributed by atoms with E-state index in [0.717, 1.165) is 28.9 Å². The zero-order valence-electron chi connectivity index (χ0n) is 13.4. The molecule has 0 aromatic heterocycles. The van der Waals surface area contributed by atoms with Crippen molar-refractivity contribution in [3.05, 3.63) is 28.8 Å². The molecule has 108 valence electrons. The highest BCUT2D eigenvalue weighted by Gasteiger charge is 2.24. The lowest BCUT2D eigenvalue weighted by Crippen LogP contribution is -2.19. The predicted molar refractivity (Wildman–Crippen MR) is 80.7 cm³/mol. The maximum Gasteiger partial charge on any atom is 0.124 e. The van der Waals surface area contributed by atoms with Gasteiger partial charge in [0.2, 0.25) is 0 Å². The number of aliphatic hydroxyl groups excluding tert-OH is 1. The Bertz CT molecular complexity index is 406. The first-order valence-corrected chi connectivity index (χ1v) is 7.00. The van der Waals surface area contributed by atoms with Crippen molar-refractivity contribution in [1.82, 2.24) is 0 Å². The number of aryl methyl sites for hydroxylation is 2. The molecule has 2 heteroatoms. The fraction of sp³-hybridized carbons (Fsp3) is 0.647. The standard InChI is InChI=1S/C17H28O2/c1-11-8-14(9-12(2)16(11)19-7)15(18)10-13(3)17(4,5)6/h8-9,13,15,18H,10H2,1-7H3. The van der Waals surface area contributed by atoms with Crippen LogP contribution < -0.4 is 4.74 Å². The van der Waals surface area contributed by atoms with Crippen LogP contribution in [0.2, 0.25) is 0 Å². The second-order valence-electron chi connectivity index (χ2n) is 6.71. The van der Waals surface area contributed by atoms with E-state index in [1.54, 1.807) is 7.11 Å². The highest BCUT2D eigenvalue weighted by molar-refractivity contribution is 5.43. The van der Waals surface area contributed by atoms with Crippen molar-refractivity contribution in [1.29, 1.82) is 0 Å². The molecule has 0 aliphatic heterocycles. The molecule has 1 aromatic rings. The summed E-state index contributed by atoms with van der Waals surface area (Å²) >= 11 is 0. The summed E-state index contributed by atoms with van der Waals surface area (Å²) in [7, 11) is 1.69. The van der Waals surface area contributed by atoms with E-state index in [-0.39, 0.29) is 5.41 Å². The Kier molecular flexibility index (Phi) is 5.03. The molecule has 0 aliphatic rings. The molecular weight excluding hydrogens is 236 g/mol. The van der Waals surface area contributed by atoms with Crippen molar-refractivity contribution in [2.45, 2.75) is 54.1 Å². The smallest absolute Gasteiger partial charge is 0.124 e. The summed E-state index contributed by atoms with van der Waals surface area (Å²) in [5.41, 5.74) is 3.38. The lowest BCUT2D eigenvalue weighted by atomic mass is 9.78. The van der Waals surface area contributed by atoms with Crippen LogP contribution in [0.25, 0.3) is 0 Å². The number of rotatable bonds is 4. The maximum absolute atomic E-state index is 10.4. The molecule has 0 bridgehead atoms. The van der Waals surface area contributed by atoms with Gasteiger partial charge in [-0.15, -0.1) is 0 Å². The molecule has 0 saturated heterocycles. The molecule has 19 heavy (non-hydrogen) atoms. The summed E-state index contributed by atoms with van der Waals surface area (Å²) in [6.07, 6.45) is 0.381. The van der Waals surface area contributed by atoms with Crippen molar-refractivity contribution in [3.8, 4) is 5.75 Å². The molecule has 1 aromatic carbocycles. The third kappa shape index (κ3) is 3.97. The summed E-state index contributed by atoms with van der Waals surface area (Å²) in [6, 6.07) is 4.07. The third-order valence-electron chi connectivity index (χ3n) is 4.13. The first kappa shape index (κ1) is 16.0. The maximum atomic E-state index is 10.4. The van der Waals surface area contributed by atoms with Gasteiger partial charge in [-0.1, -0.05) is 27.7 Å². The number of hydrogen-bond donors (Lipinski definition) is 1. The van der Waals surface area contributed by atoms with Crippen LogP contribution in [-0.2, 0) is 0 Å². The molecule has 0 aliphatic carbocycles. The second-order valence-corrected chi connectivity index (χ2v) is 6.71. The van der Waals surface area contributed by atoms with Gasteiger partial charge in [0.1, 0.15) is 5.75 Å². The summed E-state index contributed by atoms with van der Waals surface area (Å²) in [6.45, 7) is 12.9. The van der Waals surface area contributed by atoms with Gasteiger partial charge in [0, 0.05) is 0 Å². The summed E-state index contributed by atoms with van der Waals surface area (Å²) < 4.78 is 5.36. The molecule has 1 rings (SSSR count). The molecule has 2 atom stereocenters. The van der Waals surface area contributed by atoms with Crippen LogP contribution in [0.4, 0.5) is 0 Å². The number of methoxy groups -OCH3 is 1. The summed E-state index contributed by atoms with van der Waals surface area (Å²) in [5.74, 6) is 1.38.